The van der Waals surface area contributed by atoms with Gasteiger partial charge in [0.1, 0.15) is 0 Å². The Morgan fingerprint density at radius 2 is 1.46 bits per heavy atom. The number of nitrogen functional groups attached to an aromatic ring is 1. The normalized spacial score (nSPS) is 12.2. The summed E-state index contributed by atoms with van der Waals surface area (Å²) in [5, 5.41) is 2.32. The topological polar surface area (TPSA) is 26.0 Å². The van der Waals surface area contributed by atoms with Crippen LogP contribution in [0.3, 0.4) is 0 Å². The van der Waals surface area contributed by atoms with E-state index in [0.29, 0.717) is 0 Å². The molecule has 1 nitrogen and oxygen atoms in total. The first kappa shape index (κ1) is 13.4. The number of hydrogen-bond acceptors (Lipinski definition) is 1. The molecule has 1 heteroatoms. The average Bonchev–Trinajstić information content (AvgIpc) is 3.01. The van der Waals surface area contributed by atoms with Gasteiger partial charge < -0.3 is 5.73 Å². The standard InChI is InChI=1S/C23H17N/c24-23-10-3-6-15-11-12-17(13-21(15)23)19-8-4-9-20-18-7-2-1-5-16(18)14-22(19)20/h1-13H,14,24H2. The van der Waals surface area contributed by atoms with Crippen LogP contribution < -0.4 is 5.73 Å². The van der Waals surface area contributed by atoms with Crippen LogP contribution in [0.15, 0.2) is 78.9 Å². The molecule has 114 valence electrons. The third kappa shape index (κ3) is 1.88. The smallest absolute Gasteiger partial charge is 0.0393 e. The molecule has 0 unspecified atom stereocenters. The summed E-state index contributed by atoms with van der Waals surface area (Å²) in [4.78, 5) is 0. The summed E-state index contributed by atoms with van der Waals surface area (Å²) in [6.45, 7) is 0. The molecule has 0 fully saturated rings. The SMILES string of the molecule is Nc1cccc2ccc(-c3cccc4c3Cc3ccccc3-4)cc12. The van der Waals surface area contributed by atoms with Crippen LogP contribution in [-0.2, 0) is 6.42 Å². The van der Waals surface area contributed by atoms with Gasteiger partial charge in [0, 0.05) is 11.1 Å². The molecule has 0 amide bonds. The van der Waals surface area contributed by atoms with Gasteiger partial charge in [-0.15, -0.1) is 0 Å². The van der Waals surface area contributed by atoms with E-state index in [9.17, 15) is 0 Å². The van der Waals surface area contributed by atoms with Crippen LogP contribution in [-0.4, -0.2) is 0 Å². The monoisotopic (exact) mass is 307 g/mol. The van der Waals surface area contributed by atoms with Crippen molar-refractivity contribution in [2.45, 2.75) is 6.42 Å². The summed E-state index contributed by atoms with van der Waals surface area (Å²) >= 11 is 0. The number of anilines is 1. The van der Waals surface area contributed by atoms with Crippen LogP contribution in [0.1, 0.15) is 11.1 Å². The molecule has 0 spiro atoms. The summed E-state index contributed by atoms with van der Waals surface area (Å²) < 4.78 is 0. The molecule has 0 aromatic heterocycles. The minimum Gasteiger partial charge on any atom is -0.398 e. The lowest BCUT2D eigenvalue weighted by Gasteiger charge is -2.11. The van der Waals surface area contributed by atoms with Crippen molar-refractivity contribution in [3.05, 3.63) is 90.0 Å². The van der Waals surface area contributed by atoms with Crippen molar-refractivity contribution in [1.82, 2.24) is 0 Å². The number of hydrogen-bond donors (Lipinski definition) is 1. The highest BCUT2D eigenvalue weighted by molar-refractivity contribution is 5.97. The van der Waals surface area contributed by atoms with Crippen molar-refractivity contribution in [1.29, 1.82) is 0 Å². The molecule has 0 aliphatic heterocycles. The van der Waals surface area contributed by atoms with Gasteiger partial charge in [-0.05, 0) is 57.3 Å². The van der Waals surface area contributed by atoms with E-state index in [1.54, 1.807) is 0 Å². The molecule has 5 rings (SSSR count). The van der Waals surface area contributed by atoms with E-state index in [-0.39, 0.29) is 0 Å². The molecule has 0 bridgehead atoms. The Kier molecular flexibility index (Phi) is 2.77. The van der Waals surface area contributed by atoms with E-state index in [0.717, 1.165) is 17.5 Å². The first-order valence-corrected chi connectivity index (χ1v) is 8.30. The lowest BCUT2D eigenvalue weighted by molar-refractivity contribution is 1.26. The van der Waals surface area contributed by atoms with Gasteiger partial charge in [-0.25, -0.2) is 0 Å². The first-order valence-electron chi connectivity index (χ1n) is 8.30. The summed E-state index contributed by atoms with van der Waals surface area (Å²) in [5.41, 5.74) is 15.2. The number of rotatable bonds is 1. The molecule has 0 saturated heterocycles. The van der Waals surface area contributed by atoms with E-state index in [2.05, 4.69) is 66.7 Å². The van der Waals surface area contributed by atoms with E-state index < -0.39 is 0 Å². The fraction of sp³-hybridized carbons (Fsp3) is 0.0435. The molecule has 4 aromatic rings. The van der Waals surface area contributed by atoms with E-state index >= 15 is 0 Å². The van der Waals surface area contributed by atoms with Crippen molar-refractivity contribution in [2.75, 3.05) is 5.73 Å². The molecule has 1 aliphatic carbocycles. The summed E-state index contributed by atoms with van der Waals surface area (Å²) in [6, 6.07) is 28.0. The highest BCUT2D eigenvalue weighted by Gasteiger charge is 2.20. The lowest BCUT2D eigenvalue weighted by atomic mass is 9.94. The first-order chi connectivity index (χ1) is 11.8. The zero-order chi connectivity index (χ0) is 16.1. The molecule has 24 heavy (non-hydrogen) atoms. The second-order valence-electron chi connectivity index (χ2n) is 6.45. The Labute approximate surface area is 141 Å². The zero-order valence-electron chi connectivity index (χ0n) is 13.3. The molecule has 0 saturated carbocycles. The van der Waals surface area contributed by atoms with Crippen molar-refractivity contribution in [3.8, 4) is 22.3 Å². The quantitative estimate of drug-likeness (QED) is 0.397. The predicted octanol–water partition coefficient (Wildman–Crippen LogP) is 5.66. The summed E-state index contributed by atoms with van der Waals surface area (Å²) in [6.07, 6.45) is 1.00. The van der Waals surface area contributed by atoms with Gasteiger partial charge in [0.25, 0.3) is 0 Å². The van der Waals surface area contributed by atoms with Crippen molar-refractivity contribution < 1.29 is 0 Å². The molecule has 4 aromatic carbocycles. The van der Waals surface area contributed by atoms with Crippen LogP contribution in [0, 0.1) is 0 Å². The van der Waals surface area contributed by atoms with Crippen LogP contribution in [0.4, 0.5) is 5.69 Å². The second-order valence-corrected chi connectivity index (χ2v) is 6.45. The number of nitrogens with two attached hydrogens (primary N) is 1. The van der Waals surface area contributed by atoms with Gasteiger partial charge in [-0.3, -0.25) is 0 Å². The van der Waals surface area contributed by atoms with Gasteiger partial charge in [0.05, 0.1) is 0 Å². The Morgan fingerprint density at radius 1 is 0.667 bits per heavy atom. The second kappa shape index (κ2) is 4.97. The van der Waals surface area contributed by atoms with E-state index in [1.165, 1.54) is 38.8 Å². The van der Waals surface area contributed by atoms with Crippen LogP contribution in [0.2, 0.25) is 0 Å². The molecule has 0 heterocycles. The average molecular weight is 307 g/mol. The van der Waals surface area contributed by atoms with Crippen molar-refractivity contribution >= 4 is 16.5 Å². The Hall–Kier alpha value is -3.06. The molecule has 0 atom stereocenters. The van der Waals surface area contributed by atoms with E-state index in [1.807, 2.05) is 12.1 Å². The van der Waals surface area contributed by atoms with Crippen LogP contribution in [0.5, 0.6) is 0 Å². The van der Waals surface area contributed by atoms with Crippen LogP contribution >= 0.6 is 0 Å². The predicted molar refractivity (Wildman–Crippen MR) is 102 cm³/mol. The minimum absolute atomic E-state index is 0.838. The lowest BCUT2D eigenvalue weighted by Crippen LogP contribution is -1.90. The summed E-state index contributed by atoms with van der Waals surface area (Å²) in [7, 11) is 0. The number of benzene rings is 4. The highest BCUT2D eigenvalue weighted by atomic mass is 14.5. The molecular formula is C23H17N. The van der Waals surface area contributed by atoms with E-state index in [4.69, 9.17) is 5.73 Å². The fourth-order valence-electron chi connectivity index (χ4n) is 3.89. The molecule has 1 aliphatic rings. The van der Waals surface area contributed by atoms with Gasteiger partial charge in [0.2, 0.25) is 0 Å². The van der Waals surface area contributed by atoms with Gasteiger partial charge >= 0.3 is 0 Å². The Balaban J connectivity index is 1.73. The zero-order valence-corrected chi connectivity index (χ0v) is 13.3. The fourth-order valence-corrected chi connectivity index (χ4v) is 3.89. The molecule has 0 radical (unpaired) electrons. The Bertz CT molecular complexity index is 1090. The van der Waals surface area contributed by atoms with Gasteiger partial charge in [-0.1, -0.05) is 66.7 Å². The molecular weight excluding hydrogens is 290 g/mol. The maximum Gasteiger partial charge on any atom is 0.0393 e. The maximum absolute atomic E-state index is 6.18. The van der Waals surface area contributed by atoms with Crippen LogP contribution in [0.25, 0.3) is 33.0 Å². The third-order valence-electron chi connectivity index (χ3n) is 5.08. The molecule has 2 N–H and O–H groups in total. The largest absolute Gasteiger partial charge is 0.398 e. The van der Waals surface area contributed by atoms with Gasteiger partial charge in [-0.2, -0.15) is 0 Å². The van der Waals surface area contributed by atoms with Crippen molar-refractivity contribution in [3.63, 3.8) is 0 Å². The highest BCUT2D eigenvalue weighted by Crippen LogP contribution is 2.42. The van der Waals surface area contributed by atoms with Gasteiger partial charge in [0.15, 0.2) is 0 Å². The van der Waals surface area contributed by atoms with Crippen molar-refractivity contribution in [2.24, 2.45) is 0 Å². The Morgan fingerprint density at radius 3 is 2.42 bits per heavy atom. The third-order valence-corrected chi connectivity index (χ3v) is 5.08. The minimum atomic E-state index is 0.838. The maximum atomic E-state index is 6.18. The summed E-state index contributed by atoms with van der Waals surface area (Å²) in [5.74, 6) is 0. The number of fused-ring (bicyclic) bond motifs is 4.